The Bertz CT molecular complexity index is 771. The number of rotatable bonds is 6. The van der Waals surface area contributed by atoms with Gasteiger partial charge in [0, 0.05) is 14.1 Å². The molecule has 0 fully saturated rings. The average molecular weight is 308 g/mol. The molecule has 0 spiro atoms. The van der Waals surface area contributed by atoms with Crippen LogP contribution < -0.4 is 11.2 Å². The summed E-state index contributed by atoms with van der Waals surface area (Å²) in [6.07, 6.45) is 1.57. The van der Waals surface area contributed by atoms with Crippen molar-refractivity contribution in [1.29, 1.82) is 0 Å². The first-order valence-corrected chi connectivity index (χ1v) is 7.86. The van der Waals surface area contributed by atoms with Crippen LogP contribution in [0.5, 0.6) is 0 Å². The van der Waals surface area contributed by atoms with Crippen molar-refractivity contribution >= 4 is 11.2 Å². The monoisotopic (exact) mass is 308 g/mol. The van der Waals surface area contributed by atoms with Crippen molar-refractivity contribution in [3.63, 3.8) is 0 Å². The van der Waals surface area contributed by atoms with E-state index in [2.05, 4.69) is 25.8 Å². The van der Waals surface area contributed by atoms with Crippen molar-refractivity contribution in [3.8, 4) is 0 Å². The quantitative estimate of drug-likeness (QED) is 0.722. The van der Waals surface area contributed by atoms with Crippen LogP contribution >= 0.6 is 0 Å². The second kappa shape index (κ2) is 6.08. The Morgan fingerprint density at radius 3 is 2.23 bits per heavy atom. The first kappa shape index (κ1) is 16.5. The van der Waals surface area contributed by atoms with Crippen LogP contribution in [0.4, 0.5) is 0 Å². The molecule has 0 bridgehead atoms. The van der Waals surface area contributed by atoms with Crippen LogP contribution in [0, 0.1) is 0 Å². The molecule has 0 aliphatic heterocycles. The highest BCUT2D eigenvalue weighted by Crippen LogP contribution is 2.07. The third-order valence-electron chi connectivity index (χ3n) is 5.01. The van der Waals surface area contributed by atoms with Crippen LogP contribution in [0.15, 0.2) is 15.9 Å². The van der Waals surface area contributed by atoms with Gasteiger partial charge in [0.2, 0.25) is 0 Å². The summed E-state index contributed by atoms with van der Waals surface area (Å²) >= 11 is 0. The lowest BCUT2D eigenvalue weighted by Gasteiger charge is -2.35. The van der Waals surface area contributed by atoms with Crippen molar-refractivity contribution in [2.75, 3.05) is 26.2 Å². The minimum atomic E-state index is -0.294. The fourth-order valence-electron chi connectivity index (χ4n) is 3.05. The van der Waals surface area contributed by atoms with Crippen LogP contribution in [-0.2, 0) is 20.6 Å². The molecular formula is C15H26N5O2+. The molecule has 2 rings (SSSR count). The summed E-state index contributed by atoms with van der Waals surface area (Å²) in [5.41, 5.74) is 0.373. The van der Waals surface area contributed by atoms with E-state index in [1.165, 1.54) is 9.13 Å². The van der Waals surface area contributed by atoms with Gasteiger partial charge in [-0.05, 0) is 20.8 Å². The second-order valence-corrected chi connectivity index (χ2v) is 5.84. The molecule has 0 aromatic carbocycles. The molecule has 0 aliphatic rings. The summed E-state index contributed by atoms with van der Waals surface area (Å²) in [4.78, 5) is 29.3. The Hall–Kier alpha value is -1.89. The molecule has 0 radical (unpaired) electrons. The van der Waals surface area contributed by atoms with Crippen LogP contribution in [0.25, 0.3) is 11.2 Å². The summed E-state index contributed by atoms with van der Waals surface area (Å²) in [7, 11) is 3.44. The number of hydrogen-bond donors (Lipinski definition) is 0. The highest BCUT2D eigenvalue weighted by molar-refractivity contribution is 5.69. The van der Waals surface area contributed by atoms with Gasteiger partial charge in [-0.3, -0.25) is 13.9 Å². The predicted octanol–water partition coefficient (Wildman–Crippen LogP) is 0.310. The molecule has 2 heterocycles. The first-order chi connectivity index (χ1) is 10.4. The van der Waals surface area contributed by atoms with Crippen molar-refractivity contribution in [3.05, 3.63) is 27.2 Å². The lowest BCUT2D eigenvalue weighted by Crippen LogP contribution is -2.51. The van der Waals surface area contributed by atoms with Crippen LogP contribution in [0.2, 0.25) is 0 Å². The zero-order chi connectivity index (χ0) is 16.5. The molecule has 0 aliphatic carbocycles. The van der Waals surface area contributed by atoms with Crippen molar-refractivity contribution in [2.45, 2.75) is 27.3 Å². The SMILES string of the molecule is CC[N+](CC)(CC)CCn1c(=O)c2c(ncn2C)n(C)c1=O. The fourth-order valence-corrected chi connectivity index (χ4v) is 3.05. The zero-order valence-corrected chi connectivity index (χ0v) is 14.2. The van der Waals surface area contributed by atoms with Gasteiger partial charge < -0.3 is 9.05 Å². The molecule has 0 N–H and O–H groups in total. The molecule has 7 heteroatoms. The van der Waals surface area contributed by atoms with E-state index in [0.29, 0.717) is 17.7 Å². The summed E-state index contributed by atoms with van der Waals surface area (Å²) in [5, 5.41) is 0. The van der Waals surface area contributed by atoms with Crippen LogP contribution in [-0.4, -0.2) is 49.3 Å². The number of quaternary nitrogens is 1. The topological polar surface area (TPSA) is 61.8 Å². The van der Waals surface area contributed by atoms with Gasteiger partial charge in [0.25, 0.3) is 5.56 Å². The Morgan fingerprint density at radius 2 is 1.68 bits per heavy atom. The number of likely N-dealkylation sites (N-methyl/N-ethyl adjacent to an activating group) is 1. The normalized spacial score (nSPS) is 12.2. The summed E-state index contributed by atoms with van der Waals surface area (Å²) in [6, 6.07) is 0. The molecule has 122 valence electrons. The van der Waals surface area contributed by atoms with Gasteiger partial charge in [-0.2, -0.15) is 0 Å². The van der Waals surface area contributed by atoms with Gasteiger partial charge in [-0.15, -0.1) is 0 Å². The Labute approximate surface area is 130 Å². The van der Waals surface area contributed by atoms with Crippen molar-refractivity contribution < 1.29 is 4.48 Å². The van der Waals surface area contributed by atoms with Crippen molar-refractivity contribution in [1.82, 2.24) is 18.7 Å². The number of imidazole rings is 1. The van der Waals surface area contributed by atoms with E-state index in [-0.39, 0.29) is 11.2 Å². The number of aryl methyl sites for hydroxylation is 2. The maximum atomic E-state index is 12.6. The number of nitrogens with zero attached hydrogens (tertiary/aromatic N) is 5. The minimum Gasteiger partial charge on any atom is -0.328 e. The van der Waals surface area contributed by atoms with Crippen LogP contribution in [0.3, 0.4) is 0 Å². The predicted molar refractivity (Wildman–Crippen MR) is 87.0 cm³/mol. The third kappa shape index (κ3) is 2.49. The lowest BCUT2D eigenvalue weighted by atomic mass is 10.3. The summed E-state index contributed by atoms with van der Waals surface area (Å²) in [6.45, 7) is 10.7. The number of fused-ring (bicyclic) bond motifs is 1. The van der Waals surface area contributed by atoms with Gasteiger partial charge >= 0.3 is 5.69 Å². The first-order valence-electron chi connectivity index (χ1n) is 7.86. The van der Waals surface area contributed by atoms with E-state index in [0.717, 1.165) is 30.7 Å². The molecule has 7 nitrogen and oxygen atoms in total. The smallest absolute Gasteiger partial charge is 0.328 e. The molecule has 22 heavy (non-hydrogen) atoms. The van der Waals surface area contributed by atoms with E-state index in [9.17, 15) is 9.59 Å². The number of hydrogen-bond acceptors (Lipinski definition) is 3. The maximum Gasteiger partial charge on any atom is 0.332 e. The number of aromatic nitrogens is 4. The fraction of sp³-hybridized carbons (Fsp3) is 0.667. The summed E-state index contributed by atoms with van der Waals surface area (Å²) in [5.74, 6) is 0. The van der Waals surface area contributed by atoms with Gasteiger partial charge in [-0.25, -0.2) is 9.78 Å². The van der Waals surface area contributed by atoms with E-state index in [4.69, 9.17) is 0 Å². The van der Waals surface area contributed by atoms with E-state index < -0.39 is 0 Å². The van der Waals surface area contributed by atoms with Gasteiger partial charge in [0.1, 0.15) is 0 Å². The molecule has 0 unspecified atom stereocenters. The van der Waals surface area contributed by atoms with Gasteiger partial charge in [0.15, 0.2) is 11.2 Å². The maximum absolute atomic E-state index is 12.6. The zero-order valence-electron chi connectivity index (χ0n) is 14.2. The van der Waals surface area contributed by atoms with Gasteiger partial charge in [0.05, 0.1) is 39.1 Å². The highest BCUT2D eigenvalue weighted by atomic mass is 16.2. The van der Waals surface area contributed by atoms with E-state index in [1.54, 1.807) is 25.0 Å². The Morgan fingerprint density at radius 1 is 1.09 bits per heavy atom. The molecule has 0 amide bonds. The third-order valence-corrected chi connectivity index (χ3v) is 5.01. The highest BCUT2D eigenvalue weighted by Gasteiger charge is 2.22. The molecule has 2 aromatic heterocycles. The molecule has 2 aromatic rings. The Balaban J connectivity index is 2.51. The lowest BCUT2D eigenvalue weighted by molar-refractivity contribution is -0.923. The molecule has 0 saturated carbocycles. The second-order valence-electron chi connectivity index (χ2n) is 5.84. The van der Waals surface area contributed by atoms with E-state index in [1.807, 2.05) is 0 Å². The van der Waals surface area contributed by atoms with Crippen molar-refractivity contribution in [2.24, 2.45) is 14.1 Å². The van der Waals surface area contributed by atoms with Crippen LogP contribution in [0.1, 0.15) is 20.8 Å². The van der Waals surface area contributed by atoms with Gasteiger partial charge in [-0.1, -0.05) is 0 Å². The van der Waals surface area contributed by atoms with E-state index >= 15 is 0 Å². The standard InChI is InChI=1S/C15H26N5O2/c1-6-20(7-2,8-3)10-9-19-14(21)12-13(16-11-17(12)4)18(5)15(19)22/h11H,6-10H2,1-5H3/q+1. The molecule has 0 saturated heterocycles. The average Bonchev–Trinajstić information content (AvgIpc) is 2.91. The Kier molecular flexibility index (Phi) is 4.55. The molecule has 0 atom stereocenters. The largest absolute Gasteiger partial charge is 0.332 e. The minimum absolute atomic E-state index is 0.250. The molecular weight excluding hydrogens is 282 g/mol. The summed E-state index contributed by atoms with van der Waals surface area (Å²) < 4.78 is 5.38.